The van der Waals surface area contributed by atoms with Crippen LogP contribution in [-0.4, -0.2) is 81.6 Å². The van der Waals surface area contributed by atoms with Gasteiger partial charge in [0.2, 0.25) is 5.91 Å². The van der Waals surface area contributed by atoms with Crippen LogP contribution in [0.3, 0.4) is 0 Å². The zero-order chi connectivity index (χ0) is 25.3. The van der Waals surface area contributed by atoms with Crippen LogP contribution in [0.25, 0.3) is 0 Å². The summed E-state index contributed by atoms with van der Waals surface area (Å²) in [5, 5.41) is 7.72. The Kier molecular flexibility index (Phi) is 6.73. The first-order valence-corrected chi connectivity index (χ1v) is 13.2. The molecule has 36 heavy (non-hydrogen) atoms. The molecule has 0 spiro atoms. The Hall–Kier alpha value is -3.36. The van der Waals surface area contributed by atoms with E-state index in [9.17, 15) is 14.4 Å². The third-order valence-electron chi connectivity index (χ3n) is 7.83. The number of piperazine rings is 1. The number of benzene rings is 1. The summed E-state index contributed by atoms with van der Waals surface area (Å²) in [7, 11) is 0. The van der Waals surface area contributed by atoms with Crippen molar-refractivity contribution in [3.63, 3.8) is 0 Å². The zero-order valence-corrected chi connectivity index (χ0v) is 21.3. The largest absolute Gasteiger partial charge is 0.368 e. The minimum atomic E-state index is -1.05. The molecule has 2 aromatic rings. The van der Waals surface area contributed by atoms with Gasteiger partial charge in [0.25, 0.3) is 11.8 Å². The highest BCUT2D eigenvalue weighted by atomic mass is 16.2. The van der Waals surface area contributed by atoms with Crippen molar-refractivity contribution in [2.75, 3.05) is 37.6 Å². The van der Waals surface area contributed by atoms with Gasteiger partial charge in [-0.15, -0.1) is 0 Å². The fraction of sp³-hybridized carbons (Fsp3) is 0.556. The molecule has 3 aliphatic rings. The van der Waals surface area contributed by atoms with Gasteiger partial charge in [-0.05, 0) is 38.3 Å². The van der Waals surface area contributed by atoms with Crippen molar-refractivity contribution in [1.82, 2.24) is 24.9 Å². The molecule has 1 N–H and O–H groups in total. The van der Waals surface area contributed by atoms with Gasteiger partial charge < -0.3 is 20.0 Å². The minimum Gasteiger partial charge on any atom is -0.368 e. The van der Waals surface area contributed by atoms with Crippen molar-refractivity contribution in [1.29, 1.82) is 0 Å². The molecule has 0 bridgehead atoms. The Balaban J connectivity index is 1.32. The van der Waals surface area contributed by atoms with E-state index in [4.69, 9.17) is 0 Å². The first-order valence-electron chi connectivity index (χ1n) is 13.2. The topological polar surface area (TPSA) is 90.8 Å². The van der Waals surface area contributed by atoms with Crippen LogP contribution in [0, 0.1) is 0 Å². The second-order valence-corrected chi connectivity index (χ2v) is 10.4. The molecule has 2 fully saturated rings. The molecule has 1 atom stereocenters. The molecular weight excluding hydrogens is 456 g/mol. The van der Waals surface area contributed by atoms with Crippen LogP contribution in [0.2, 0.25) is 0 Å². The predicted molar refractivity (Wildman–Crippen MR) is 137 cm³/mol. The lowest BCUT2D eigenvalue weighted by Crippen LogP contribution is -2.65. The quantitative estimate of drug-likeness (QED) is 0.669. The average Bonchev–Trinajstić information content (AvgIpc) is 3.57. The van der Waals surface area contributed by atoms with Gasteiger partial charge in [0.1, 0.15) is 11.2 Å². The monoisotopic (exact) mass is 492 g/mol. The lowest BCUT2D eigenvalue weighted by Gasteiger charge is -2.43. The lowest BCUT2D eigenvalue weighted by molar-refractivity contribution is -0.133. The summed E-state index contributed by atoms with van der Waals surface area (Å²) in [6, 6.07) is 12.0. The van der Waals surface area contributed by atoms with Gasteiger partial charge >= 0.3 is 0 Å². The number of hydrogen-bond acceptors (Lipinski definition) is 5. The molecule has 0 radical (unpaired) electrons. The number of nitrogens with one attached hydrogen (secondary N) is 1. The number of nitrogens with zero attached hydrogens (tertiary/aromatic N) is 5. The van der Waals surface area contributed by atoms with E-state index in [-0.39, 0.29) is 36.0 Å². The minimum absolute atomic E-state index is 0.137. The number of fused-ring (bicyclic) bond motifs is 1. The van der Waals surface area contributed by atoms with Gasteiger partial charge in [-0.25, -0.2) is 0 Å². The molecule has 3 heterocycles. The zero-order valence-electron chi connectivity index (χ0n) is 21.3. The second-order valence-electron chi connectivity index (χ2n) is 10.4. The summed E-state index contributed by atoms with van der Waals surface area (Å²) in [5.74, 6) is -0.550. The summed E-state index contributed by atoms with van der Waals surface area (Å²) >= 11 is 0. The molecule has 2 aliphatic heterocycles. The Labute approximate surface area is 212 Å². The van der Waals surface area contributed by atoms with Gasteiger partial charge in [0.15, 0.2) is 5.69 Å². The van der Waals surface area contributed by atoms with Crippen molar-refractivity contribution in [3.8, 4) is 0 Å². The van der Waals surface area contributed by atoms with E-state index in [1.54, 1.807) is 20.5 Å². The number of rotatable bonds is 6. The van der Waals surface area contributed by atoms with Crippen molar-refractivity contribution in [2.24, 2.45) is 0 Å². The maximum atomic E-state index is 13.5. The summed E-state index contributed by atoms with van der Waals surface area (Å²) in [6.45, 7) is 7.20. The second kappa shape index (κ2) is 9.95. The number of anilines is 1. The van der Waals surface area contributed by atoms with E-state index in [1.165, 1.54) is 0 Å². The number of carbonyl (C=O) groups excluding carboxylic acids is 3. The van der Waals surface area contributed by atoms with Crippen LogP contribution in [0.15, 0.2) is 36.4 Å². The molecule has 9 heteroatoms. The molecule has 1 aromatic carbocycles. The molecule has 1 aliphatic carbocycles. The van der Waals surface area contributed by atoms with Crippen molar-refractivity contribution in [3.05, 3.63) is 47.8 Å². The highest BCUT2D eigenvalue weighted by Gasteiger charge is 2.48. The van der Waals surface area contributed by atoms with Gasteiger partial charge in [0.05, 0.1) is 6.54 Å². The van der Waals surface area contributed by atoms with E-state index in [0.29, 0.717) is 25.3 Å². The normalized spacial score (nSPS) is 22.6. The number of para-hydroxylation sites is 1. The van der Waals surface area contributed by atoms with Gasteiger partial charge in [0, 0.05) is 50.5 Å². The van der Waals surface area contributed by atoms with Crippen LogP contribution in [0.1, 0.15) is 66.9 Å². The standard InChI is InChI=1S/C27H36N6O3/c1-3-13-32-25(35)23-18-22(24(34)31-16-14-30(15-17-31)21-11-5-4-6-12-21)29-33(23)19-27(32,2)26(36)28-20-9-7-8-10-20/h4-6,11-12,18,20H,3,7-10,13-17,19H2,1-2H3,(H,28,36)/t27-/m1/s1. The van der Waals surface area contributed by atoms with E-state index in [2.05, 4.69) is 27.4 Å². The SMILES string of the molecule is CCCN1C(=O)c2cc(C(=O)N3CCN(c4ccccc4)CC3)nn2C[C@]1(C)C(=O)NC1CCCC1. The van der Waals surface area contributed by atoms with Crippen LogP contribution in [0.4, 0.5) is 5.69 Å². The van der Waals surface area contributed by atoms with E-state index in [0.717, 1.165) is 50.9 Å². The summed E-state index contributed by atoms with van der Waals surface area (Å²) in [5.41, 5.74) is 0.749. The maximum Gasteiger partial charge on any atom is 0.274 e. The van der Waals surface area contributed by atoms with Crippen LogP contribution in [-0.2, 0) is 11.3 Å². The van der Waals surface area contributed by atoms with Crippen molar-refractivity contribution in [2.45, 2.75) is 64.1 Å². The molecule has 0 unspecified atom stereocenters. The fourth-order valence-corrected chi connectivity index (χ4v) is 5.70. The number of aromatic nitrogens is 2. The van der Waals surface area contributed by atoms with Crippen LogP contribution < -0.4 is 10.2 Å². The Morgan fingerprint density at radius 2 is 1.78 bits per heavy atom. The Bertz CT molecular complexity index is 1120. The maximum absolute atomic E-state index is 13.5. The molecule has 1 saturated heterocycles. The highest BCUT2D eigenvalue weighted by molar-refractivity contribution is 6.02. The predicted octanol–water partition coefficient (Wildman–Crippen LogP) is 2.53. The third kappa shape index (κ3) is 4.47. The van der Waals surface area contributed by atoms with Gasteiger partial charge in [-0.3, -0.25) is 19.1 Å². The van der Waals surface area contributed by atoms with Crippen molar-refractivity contribution >= 4 is 23.4 Å². The molecule has 9 nitrogen and oxygen atoms in total. The smallest absolute Gasteiger partial charge is 0.274 e. The number of carbonyl (C=O) groups is 3. The first-order chi connectivity index (χ1) is 17.4. The third-order valence-corrected chi connectivity index (χ3v) is 7.83. The summed E-state index contributed by atoms with van der Waals surface area (Å²) in [4.78, 5) is 46.0. The average molecular weight is 493 g/mol. The van der Waals surface area contributed by atoms with Crippen LogP contribution in [0.5, 0.6) is 0 Å². The molecular formula is C27H36N6O3. The van der Waals surface area contributed by atoms with E-state index >= 15 is 0 Å². The first kappa shape index (κ1) is 24.3. The molecule has 5 rings (SSSR count). The van der Waals surface area contributed by atoms with Gasteiger partial charge in [-0.1, -0.05) is 38.0 Å². The molecule has 1 aromatic heterocycles. The Morgan fingerprint density at radius 3 is 2.44 bits per heavy atom. The fourth-order valence-electron chi connectivity index (χ4n) is 5.70. The van der Waals surface area contributed by atoms with E-state index < -0.39 is 5.54 Å². The lowest BCUT2D eigenvalue weighted by atomic mass is 9.94. The molecule has 192 valence electrons. The van der Waals surface area contributed by atoms with Crippen molar-refractivity contribution < 1.29 is 14.4 Å². The number of amides is 3. The summed E-state index contributed by atoms with van der Waals surface area (Å²) in [6.07, 6.45) is 4.93. The molecule has 3 amide bonds. The Morgan fingerprint density at radius 1 is 1.08 bits per heavy atom. The summed E-state index contributed by atoms with van der Waals surface area (Å²) < 4.78 is 1.57. The number of hydrogen-bond donors (Lipinski definition) is 1. The molecule has 1 saturated carbocycles. The van der Waals surface area contributed by atoms with E-state index in [1.807, 2.05) is 32.0 Å². The van der Waals surface area contributed by atoms with Gasteiger partial charge in [-0.2, -0.15) is 5.10 Å². The van der Waals surface area contributed by atoms with Crippen LogP contribution >= 0.6 is 0 Å². The highest BCUT2D eigenvalue weighted by Crippen LogP contribution is 2.29.